The molecule has 0 N–H and O–H groups in total. The minimum atomic E-state index is -1.03. The number of rotatable bonds is 6. The Balaban J connectivity index is 1.44. The fourth-order valence-electron chi connectivity index (χ4n) is 4.52. The van der Waals surface area contributed by atoms with Crippen LogP contribution in [0.5, 0.6) is 0 Å². The Bertz CT molecular complexity index is 1300. The molecule has 2 aliphatic rings. The summed E-state index contributed by atoms with van der Waals surface area (Å²) in [5.41, 5.74) is 0.0936. The number of ether oxygens (including phenoxy) is 4. The molecule has 1 saturated carbocycles. The Morgan fingerprint density at radius 1 is 1.11 bits per heavy atom. The number of carbonyl (C=O) groups excluding carboxylic acids is 3. The molecule has 1 saturated heterocycles. The largest absolute Gasteiger partial charge is 0.462 e. The van der Waals surface area contributed by atoms with Gasteiger partial charge in [0.05, 0.1) is 18.5 Å². The third-order valence-corrected chi connectivity index (χ3v) is 6.38. The topological polar surface area (TPSA) is 132 Å². The van der Waals surface area contributed by atoms with Gasteiger partial charge < -0.3 is 18.9 Å². The molecule has 2 aromatic heterocycles. The predicted octanol–water partition coefficient (Wildman–Crippen LogP) is 2.49. The van der Waals surface area contributed by atoms with E-state index in [-0.39, 0.29) is 17.7 Å². The molecule has 3 heterocycles. The van der Waals surface area contributed by atoms with Crippen LogP contribution >= 0.6 is 11.6 Å². The molecule has 5 rings (SSSR count). The van der Waals surface area contributed by atoms with Gasteiger partial charge in [-0.25, -0.2) is 19.7 Å². The number of carbonyl (C=O) groups is 3. The summed E-state index contributed by atoms with van der Waals surface area (Å²) >= 11 is 6.14. The van der Waals surface area contributed by atoms with Gasteiger partial charge in [0.2, 0.25) is 0 Å². The lowest BCUT2D eigenvalue weighted by molar-refractivity contribution is -0.166. The Kier molecular flexibility index (Phi) is 5.89. The highest BCUT2D eigenvalue weighted by atomic mass is 35.5. The van der Waals surface area contributed by atoms with Crippen LogP contribution in [-0.2, 0) is 28.5 Å². The van der Waals surface area contributed by atoms with Crippen LogP contribution in [0.25, 0.3) is 11.2 Å². The monoisotopic (exact) mass is 500 g/mol. The third kappa shape index (κ3) is 4.21. The van der Waals surface area contributed by atoms with Crippen LogP contribution in [-0.4, -0.2) is 61.8 Å². The number of nitrogens with zero attached hydrogens (tertiary/aromatic N) is 4. The van der Waals surface area contributed by atoms with Crippen LogP contribution in [0.2, 0.25) is 5.15 Å². The maximum Gasteiger partial charge on any atom is 0.338 e. The molecule has 3 aromatic rings. The van der Waals surface area contributed by atoms with Crippen LogP contribution in [0.4, 0.5) is 0 Å². The molecule has 1 aliphatic heterocycles. The van der Waals surface area contributed by atoms with Crippen molar-refractivity contribution in [1.82, 2.24) is 19.5 Å². The van der Waals surface area contributed by atoms with Gasteiger partial charge >= 0.3 is 17.9 Å². The normalized spacial score (nSPS) is 27.1. The van der Waals surface area contributed by atoms with E-state index in [2.05, 4.69) is 15.0 Å². The molecule has 0 amide bonds. The first-order valence-corrected chi connectivity index (χ1v) is 11.3. The minimum absolute atomic E-state index is 0.0314. The molecule has 5 atom stereocenters. The van der Waals surface area contributed by atoms with E-state index in [0.717, 1.165) is 0 Å². The maximum absolute atomic E-state index is 12.4. The van der Waals surface area contributed by atoms with Crippen molar-refractivity contribution in [3.8, 4) is 0 Å². The van der Waals surface area contributed by atoms with Gasteiger partial charge in [-0.15, -0.1) is 0 Å². The van der Waals surface area contributed by atoms with E-state index in [1.807, 2.05) is 0 Å². The molecule has 12 heteroatoms. The van der Waals surface area contributed by atoms with Crippen LogP contribution in [0.3, 0.4) is 0 Å². The number of hydrogen-bond acceptors (Lipinski definition) is 10. The SMILES string of the molecule is CC(=O)OC1C(OC(C)=O)[C@@]2(C[C@H]2COC(=O)c2ccccc2)O[C@H]1n1cnc2c(Cl)ncnc21. The standard InChI is InChI=1S/C23H21ClN4O7/c1-12(29)33-17-18(34-13(2)30)23(8-15(23)9-32-22(31)14-6-4-3-5-7-14)35-21(17)28-11-27-16-19(24)25-10-26-20(16)28/h3-7,10-11,15,17-18,21H,8-9H2,1-2H3/t15-,17?,18?,21+,23-/m0/s1. The number of aromatic nitrogens is 4. The predicted molar refractivity (Wildman–Crippen MR) is 119 cm³/mol. The van der Waals surface area contributed by atoms with Crippen LogP contribution in [0.1, 0.15) is 36.9 Å². The summed E-state index contributed by atoms with van der Waals surface area (Å²) in [4.78, 5) is 48.8. The summed E-state index contributed by atoms with van der Waals surface area (Å²) in [7, 11) is 0. The average molecular weight is 501 g/mol. The summed E-state index contributed by atoms with van der Waals surface area (Å²) < 4.78 is 24.7. The van der Waals surface area contributed by atoms with Crippen molar-refractivity contribution in [3.63, 3.8) is 0 Å². The molecule has 0 bridgehead atoms. The summed E-state index contributed by atoms with van der Waals surface area (Å²) in [6, 6.07) is 8.60. The minimum Gasteiger partial charge on any atom is -0.462 e. The lowest BCUT2D eigenvalue weighted by Gasteiger charge is -2.24. The van der Waals surface area contributed by atoms with Crippen molar-refractivity contribution in [2.45, 2.75) is 44.3 Å². The number of imidazole rings is 1. The fourth-order valence-corrected chi connectivity index (χ4v) is 4.70. The molecule has 1 aliphatic carbocycles. The molecule has 11 nitrogen and oxygen atoms in total. The van der Waals surface area contributed by atoms with Crippen molar-refractivity contribution in [3.05, 3.63) is 53.7 Å². The van der Waals surface area contributed by atoms with E-state index in [1.54, 1.807) is 34.9 Å². The van der Waals surface area contributed by atoms with E-state index in [0.29, 0.717) is 23.1 Å². The Morgan fingerprint density at radius 2 is 1.86 bits per heavy atom. The van der Waals surface area contributed by atoms with Gasteiger partial charge in [0.15, 0.2) is 29.2 Å². The summed E-state index contributed by atoms with van der Waals surface area (Å²) in [6.07, 6.45) is 0.281. The van der Waals surface area contributed by atoms with Gasteiger partial charge in [-0.2, -0.15) is 0 Å². The van der Waals surface area contributed by atoms with E-state index < -0.39 is 41.9 Å². The highest BCUT2D eigenvalue weighted by molar-refractivity contribution is 6.33. The highest BCUT2D eigenvalue weighted by Gasteiger charge is 2.72. The molecule has 0 radical (unpaired) electrons. The van der Waals surface area contributed by atoms with Gasteiger partial charge in [0, 0.05) is 19.8 Å². The van der Waals surface area contributed by atoms with Crippen molar-refractivity contribution in [1.29, 1.82) is 0 Å². The quantitative estimate of drug-likeness (QED) is 0.282. The Hall–Kier alpha value is -3.57. The molecule has 2 unspecified atom stereocenters. The number of halogens is 1. The second kappa shape index (κ2) is 8.90. The van der Waals surface area contributed by atoms with Crippen molar-refractivity contribution in [2.75, 3.05) is 6.61 Å². The van der Waals surface area contributed by atoms with Crippen LogP contribution in [0.15, 0.2) is 43.0 Å². The molecule has 1 aromatic carbocycles. The lowest BCUT2D eigenvalue weighted by Crippen LogP contribution is -2.41. The van der Waals surface area contributed by atoms with Crippen molar-refractivity contribution in [2.24, 2.45) is 5.92 Å². The summed E-state index contributed by atoms with van der Waals surface area (Å²) in [5, 5.41) is 0.152. The maximum atomic E-state index is 12.4. The van der Waals surface area contributed by atoms with E-state index in [4.69, 9.17) is 30.5 Å². The zero-order chi connectivity index (χ0) is 24.7. The molecule has 182 valence electrons. The van der Waals surface area contributed by atoms with Crippen LogP contribution in [0, 0.1) is 5.92 Å². The van der Waals surface area contributed by atoms with Crippen molar-refractivity contribution >= 4 is 40.7 Å². The first-order chi connectivity index (χ1) is 16.8. The molecule has 2 fully saturated rings. The number of fused-ring (bicyclic) bond motifs is 1. The second-order valence-electron chi connectivity index (χ2n) is 8.42. The molecule has 1 spiro atoms. The van der Waals surface area contributed by atoms with Gasteiger partial charge in [-0.05, 0) is 18.6 Å². The number of hydrogen-bond donors (Lipinski definition) is 0. The van der Waals surface area contributed by atoms with Crippen molar-refractivity contribution < 1.29 is 33.3 Å². The lowest BCUT2D eigenvalue weighted by atomic mass is 10.1. The smallest absolute Gasteiger partial charge is 0.338 e. The summed E-state index contributed by atoms with van der Waals surface area (Å²) in [6.45, 7) is 2.55. The van der Waals surface area contributed by atoms with Gasteiger partial charge in [-0.3, -0.25) is 14.2 Å². The van der Waals surface area contributed by atoms with Gasteiger partial charge in [0.1, 0.15) is 17.4 Å². The Labute approximate surface area is 204 Å². The zero-order valence-corrected chi connectivity index (χ0v) is 19.5. The van der Waals surface area contributed by atoms with Gasteiger partial charge in [-0.1, -0.05) is 29.8 Å². The fraction of sp³-hybridized carbons (Fsp3) is 0.391. The second-order valence-corrected chi connectivity index (χ2v) is 8.78. The molecular formula is C23H21ClN4O7. The zero-order valence-electron chi connectivity index (χ0n) is 18.8. The average Bonchev–Trinajstić information content (AvgIpc) is 3.22. The highest BCUT2D eigenvalue weighted by Crippen LogP contribution is 2.59. The Morgan fingerprint density at radius 3 is 2.57 bits per heavy atom. The van der Waals surface area contributed by atoms with Crippen LogP contribution < -0.4 is 0 Å². The molecule has 35 heavy (non-hydrogen) atoms. The van der Waals surface area contributed by atoms with Gasteiger partial charge in [0.25, 0.3) is 0 Å². The number of esters is 3. The summed E-state index contributed by atoms with van der Waals surface area (Å²) in [5.74, 6) is -1.92. The van der Waals surface area contributed by atoms with E-state index in [1.165, 1.54) is 26.5 Å². The first-order valence-electron chi connectivity index (χ1n) is 10.9. The first kappa shape index (κ1) is 23.2. The van der Waals surface area contributed by atoms with E-state index in [9.17, 15) is 14.4 Å². The number of benzene rings is 1. The van der Waals surface area contributed by atoms with E-state index >= 15 is 0 Å². The third-order valence-electron chi connectivity index (χ3n) is 6.11. The molecular weight excluding hydrogens is 480 g/mol.